The van der Waals surface area contributed by atoms with E-state index in [4.69, 9.17) is 11.6 Å². The summed E-state index contributed by atoms with van der Waals surface area (Å²) in [5, 5.41) is 2.02. The van der Waals surface area contributed by atoms with Gasteiger partial charge in [-0.25, -0.2) is 4.39 Å². The van der Waals surface area contributed by atoms with Crippen LogP contribution in [0.2, 0.25) is 5.02 Å². The molecule has 2 amide bonds. The third-order valence-electron chi connectivity index (χ3n) is 5.33. The van der Waals surface area contributed by atoms with Gasteiger partial charge in [0.1, 0.15) is 5.82 Å². The van der Waals surface area contributed by atoms with E-state index >= 15 is 0 Å². The SMILES string of the molecule is CSc1cc(NC(=O)c2cc(Cl)c(C(F)(F)F)cc2N2CCCN(C(C)=O)CC2)ccc1F. The summed E-state index contributed by atoms with van der Waals surface area (Å²) in [4.78, 5) is 28.4. The Balaban J connectivity index is 2.00. The van der Waals surface area contributed by atoms with Gasteiger partial charge < -0.3 is 15.1 Å². The second-order valence-corrected chi connectivity index (χ2v) is 8.75. The molecule has 2 aromatic carbocycles. The van der Waals surface area contributed by atoms with Crippen LogP contribution in [-0.4, -0.2) is 49.1 Å². The molecule has 1 heterocycles. The fourth-order valence-electron chi connectivity index (χ4n) is 3.63. The summed E-state index contributed by atoms with van der Waals surface area (Å²) in [6.45, 7) is 2.84. The zero-order valence-electron chi connectivity index (χ0n) is 17.9. The van der Waals surface area contributed by atoms with Crippen LogP contribution in [-0.2, 0) is 11.0 Å². The average molecular weight is 504 g/mol. The highest BCUT2D eigenvalue weighted by atomic mass is 35.5. The maximum absolute atomic E-state index is 13.8. The number of nitrogens with zero attached hydrogens (tertiary/aromatic N) is 2. The summed E-state index contributed by atoms with van der Waals surface area (Å²) in [6, 6.07) is 5.89. The maximum atomic E-state index is 13.8. The van der Waals surface area contributed by atoms with Crippen LogP contribution in [0, 0.1) is 5.82 Å². The van der Waals surface area contributed by atoms with Crippen molar-refractivity contribution < 1.29 is 27.2 Å². The van der Waals surface area contributed by atoms with Crippen molar-refractivity contribution in [3.8, 4) is 0 Å². The van der Waals surface area contributed by atoms with Crippen molar-refractivity contribution in [1.82, 2.24) is 4.90 Å². The van der Waals surface area contributed by atoms with Gasteiger partial charge in [-0.1, -0.05) is 11.6 Å². The molecule has 0 radical (unpaired) electrons. The van der Waals surface area contributed by atoms with E-state index in [1.54, 1.807) is 16.1 Å². The van der Waals surface area contributed by atoms with Crippen molar-refractivity contribution in [2.75, 3.05) is 42.7 Å². The van der Waals surface area contributed by atoms with Crippen molar-refractivity contribution in [1.29, 1.82) is 0 Å². The van der Waals surface area contributed by atoms with E-state index in [2.05, 4.69) is 5.32 Å². The zero-order chi connectivity index (χ0) is 24.3. The summed E-state index contributed by atoms with van der Waals surface area (Å²) in [5.74, 6) is -1.24. The molecule has 178 valence electrons. The number of nitrogens with one attached hydrogen (secondary N) is 1. The third kappa shape index (κ3) is 5.92. The molecule has 0 saturated carbocycles. The van der Waals surface area contributed by atoms with Gasteiger partial charge in [0.25, 0.3) is 5.91 Å². The molecular weight excluding hydrogens is 482 g/mol. The largest absolute Gasteiger partial charge is 0.417 e. The monoisotopic (exact) mass is 503 g/mol. The molecule has 0 unspecified atom stereocenters. The van der Waals surface area contributed by atoms with Gasteiger partial charge in [0, 0.05) is 43.7 Å². The van der Waals surface area contributed by atoms with Crippen LogP contribution in [0.1, 0.15) is 29.3 Å². The average Bonchev–Trinajstić information content (AvgIpc) is 3.00. The second-order valence-electron chi connectivity index (χ2n) is 7.50. The van der Waals surface area contributed by atoms with Gasteiger partial charge in [0.05, 0.1) is 21.8 Å². The predicted octanol–water partition coefficient (Wildman–Crippen LogP) is 5.53. The van der Waals surface area contributed by atoms with E-state index in [9.17, 15) is 27.2 Å². The Morgan fingerprint density at radius 1 is 1.09 bits per heavy atom. The fourth-order valence-corrected chi connectivity index (χ4v) is 4.41. The van der Waals surface area contributed by atoms with Gasteiger partial charge in [0.15, 0.2) is 0 Å². The lowest BCUT2D eigenvalue weighted by molar-refractivity contribution is -0.137. The maximum Gasteiger partial charge on any atom is 0.417 e. The van der Waals surface area contributed by atoms with Gasteiger partial charge in [-0.3, -0.25) is 9.59 Å². The second kappa shape index (κ2) is 10.2. The normalized spacial score (nSPS) is 14.8. The van der Waals surface area contributed by atoms with Crippen molar-refractivity contribution in [2.24, 2.45) is 0 Å². The first-order valence-corrected chi connectivity index (χ1v) is 11.7. The Kier molecular flexibility index (Phi) is 7.79. The first-order valence-electron chi connectivity index (χ1n) is 10.1. The summed E-state index contributed by atoms with van der Waals surface area (Å²) in [7, 11) is 0. The van der Waals surface area contributed by atoms with Gasteiger partial charge in [-0.2, -0.15) is 13.2 Å². The molecule has 1 aliphatic rings. The summed E-state index contributed by atoms with van der Waals surface area (Å²) < 4.78 is 54.4. The first-order chi connectivity index (χ1) is 15.5. The van der Waals surface area contributed by atoms with E-state index in [1.165, 1.54) is 25.1 Å². The molecular formula is C22H22ClF4N3O2S. The predicted molar refractivity (Wildman–Crippen MR) is 122 cm³/mol. The number of hydrogen-bond acceptors (Lipinski definition) is 4. The number of halogens is 5. The Morgan fingerprint density at radius 2 is 1.82 bits per heavy atom. The molecule has 0 aliphatic carbocycles. The Hall–Kier alpha value is -2.46. The number of carbonyl (C=O) groups excluding carboxylic acids is 2. The molecule has 5 nitrogen and oxygen atoms in total. The smallest absolute Gasteiger partial charge is 0.369 e. The highest BCUT2D eigenvalue weighted by molar-refractivity contribution is 7.98. The van der Waals surface area contributed by atoms with Gasteiger partial charge in [0.2, 0.25) is 5.91 Å². The molecule has 1 N–H and O–H groups in total. The first kappa shape index (κ1) is 25.2. The number of anilines is 2. The lowest BCUT2D eigenvalue weighted by Gasteiger charge is -2.27. The van der Waals surface area contributed by atoms with Crippen molar-refractivity contribution in [2.45, 2.75) is 24.4 Å². The summed E-state index contributed by atoms with van der Waals surface area (Å²) in [6.07, 6.45) is -2.50. The molecule has 0 spiro atoms. The minimum absolute atomic E-state index is 0.0423. The van der Waals surface area contributed by atoms with Crippen LogP contribution in [0.3, 0.4) is 0 Å². The van der Waals surface area contributed by atoms with E-state index in [0.29, 0.717) is 36.6 Å². The number of amides is 2. The number of hydrogen-bond donors (Lipinski definition) is 1. The third-order valence-corrected chi connectivity index (χ3v) is 6.39. The topological polar surface area (TPSA) is 52.7 Å². The lowest BCUT2D eigenvalue weighted by Crippen LogP contribution is -2.34. The van der Waals surface area contributed by atoms with Crippen LogP contribution in [0.15, 0.2) is 35.2 Å². The van der Waals surface area contributed by atoms with Crippen LogP contribution in [0.4, 0.5) is 28.9 Å². The van der Waals surface area contributed by atoms with E-state index < -0.39 is 28.5 Å². The minimum atomic E-state index is -4.71. The van der Waals surface area contributed by atoms with Crippen LogP contribution >= 0.6 is 23.4 Å². The molecule has 0 bridgehead atoms. The number of rotatable bonds is 4. The molecule has 0 aromatic heterocycles. The molecule has 33 heavy (non-hydrogen) atoms. The Morgan fingerprint density at radius 3 is 2.45 bits per heavy atom. The molecule has 3 rings (SSSR count). The molecule has 1 fully saturated rings. The number of benzene rings is 2. The van der Waals surface area contributed by atoms with Crippen LogP contribution in [0.25, 0.3) is 0 Å². The zero-order valence-corrected chi connectivity index (χ0v) is 19.5. The number of thioether (sulfide) groups is 1. The fraction of sp³-hybridized carbons (Fsp3) is 0.364. The number of carbonyl (C=O) groups is 2. The summed E-state index contributed by atoms with van der Waals surface area (Å²) in [5.41, 5.74) is -0.720. The highest BCUT2D eigenvalue weighted by Gasteiger charge is 2.35. The van der Waals surface area contributed by atoms with E-state index in [-0.39, 0.29) is 23.7 Å². The Labute approximate surface area is 198 Å². The van der Waals surface area contributed by atoms with Gasteiger partial charge in [-0.05, 0) is 43.0 Å². The molecule has 0 atom stereocenters. The minimum Gasteiger partial charge on any atom is -0.369 e. The summed E-state index contributed by atoms with van der Waals surface area (Å²) >= 11 is 7.07. The molecule has 1 saturated heterocycles. The van der Waals surface area contributed by atoms with E-state index in [0.717, 1.165) is 23.9 Å². The quantitative estimate of drug-likeness (QED) is 0.440. The van der Waals surface area contributed by atoms with Crippen LogP contribution in [0.5, 0.6) is 0 Å². The van der Waals surface area contributed by atoms with Crippen molar-refractivity contribution >= 4 is 46.6 Å². The van der Waals surface area contributed by atoms with E-state index in [1.807, 2.05) is 0 Å². The molecule has 1 aliphatic heterocycles. The van der Waals surface area contributed by atoms with Gasteiger partial charge in [-0.15, -0.1) is 11.8 Å². The number of alkyl halides is 3. The lowest BCUT2D eigenvalue weighted by atomic mass is 10.1. The van der Waals surface area contributed by atoms with Crippen molar-refractivity contribution in [3.05, 3.63) is 52.3 Å². The molecule has 2 aromatic rings. The Bertz CT molecular complexity index is 1060. The standard InChI is InChI=1S/C22H22ClF4N3O2S/c1-13(31)29-6-3-7-30(9-8-29)19-12-16(22(25,26)27)17(23)11-15(19)21(32)28-14-4-5-18(24)20(10-14)33-2/h4-5,10-12H,3,6-9H2,1-2H3,(H,28,32). The van der Waals surface area contributed by atoms with Crippen molar-refractivity contribution in [3.63, 3.8) is 0 Å². The van der Waals surface area contributed by atoms with Crippen LogP contribution < -0.4 is 10.2 Å². The molecule has 11 heteroatoms. The van der Waals surface area contributed by atoms with Gasteiger partial charge >= 0.3 is 6.18 Å². The highest BCUT2D eigenvalue weighted by Crippen LogP contribution is 2.39.